The van der Waals surface area contributed by atoms with Crippen molar-refractivity contribution >= 4 is 0 Å². The van der Waals surface area contributed by atoms with Crippen molar-refractivity contribution in [3.63, 3.8) is 0 Å². The summed E-state index contributed by atoms with van der Waals surface area (Å²) in [5, 5.41) is 4.31. The van der Waals surface area contributed by atoms with Gasteiger partial charge in [0, 0.05) is 0 Å². The third-order valence-corrected chi connectivity index (χ3v) is 3.33. The number of aromatic nitrogens is 3. The van der Waals surface area contributed by atoms with Gasteiger partial charge in [0.25, 0.3) is 0 Å². The Kier molecular flexibility index (Phi) is 3.05. The summed E-state index contributed by atoms with van der Waals surface area (Å²) < 4.78 is 2.03. The van der Waals surface area contributed by atoms with Crippen LogP contribution in [-0.2, 0) is 6.54 Å². The summed E-state index contributed by atoms with van der Waals surface area (Å²) in [5.74, 6) is 2.49. The van der Waals surface area contributed by atoms with Gasteiger partial charge in [-0.1, -0.05) is 13.8 Å². The van der Waals surface area contributed by atoms with E-state index >= 15 is 0 Å². The molecular weight excluding hydrogens is 188 g/mol. The molecule has 0 spiro atoms. The van der Waals surface area contributed by atoms with Crippen molar-refractivity contribution in [3.05, 3.63) is 12.2 Å². The van der Waals surface area contributed by atoms with Crippen LogP contribution in [0.3, 0.4) is 0 Å². The normalized spacial score (nSPS) is 31.8. The van der Waals surface area contributed by atoms with Crippen LogP contribution in [0.4, 0.5) is 0 Å². The van der Waals surface area contributed by atoms with Crippen LogP contribution in [-0.4, -0.2) is 14.8 Å². The lowest BCUT2D eigenvalue weighted by atomic mass is 9.80. The fourth-order valence-corrected chi connectivity index (χ4v) is 2.83. The number of nitrogens with two attached hydrogens (primary N) is 1. The van der Waals surface area contributed by atoms with Gasteiger partial charge in [-0.15, -0.1) is 0 Å². The molecule has 84 valence electrons. The Bertz CT molecular complexity index is 310. The second-order valence-corrected chi connectivity index (χ2v) is 4.90. The summed E-state index contributed by atoms with van der Waals surface area (Å²) >= 11 is 0. The molecule has 0 amide bonds. The van der Waals surface area contributed by atoms with E-state index in [9.17, 15) is 0 Å². The van der Waals surface area contributed by atoms with Crippen LogP contribution in [0.2, 0.25) is 0 Å². The average Bonchev–Trinajstić information content (AvgIpc) is 2.63. The Hall–Kier alpha value is -0.900. The van der Waals surface area contributed by atoms with Gasteiger partial charge in [-0.3, -0.25) is 0 Å². The highest BCUT2D eigenvalue weighted by Crippen LogP contribution is 2.35. The van der Waals surface area contributed by atoms with Gasteiger partial charge in [0.15, 0.2) is 0 Å². The van der Waals surface area contributed by atoms with Gasteiger partial charge in [0.2, 0.25) is 0 Å². The van der Waals surface area contributed by atoms with Crippen LogP contribution in [0.1, 0.15) is 45.0 Å². The van der Waals surface area contributed by atoms with Crippen molar-refractivity contribution < 1.29 is 0 Å². The molecule has 2 N–H and O–H groups in total. The van der Waals surface area contributed by atoms with E-state index in [-0.39, 0.29) is 0 Å². The van der Waals surface area contributed by atoms with E-state index in [1.807, 2.05) is 4.68 Å². The largest absolute Gasteiger partial charge is 0.324 e. The molecular formula is C11H20N4. The van der Waals surface area contributed by atoms with Crippen LogP contribution in [0.5, 0.6) is 0 Å². The molecule has 0 saturated heterocycles. The van der Waals surface area contributed by atoms with Gasteiger partial charge in [0.1, 0.15) is 12.2 Å². The minimum Gasteiger partial charge on any atom is -0.324 e. The molecule has 2 atom stereocenters. The quantitative estimate of drug-likeness (QED) is 0.805. The molecule has 0 radical (unpaired) electrons. The topological polar surface area (TPSA) is 56.7 Å². The Morgan fingerprint density at radius 3 is 2.60 bits per heavy atom. The first-order valence-corrected chi connectivity index (χ1v) is 5.79. The van der Waals surface area contributed by atoms with E-state index in [0.717, 1.165) is 17.7 Å². The summed E-state index contributed by atoms with van der Waals surface area (Å²) in [5.41, 5.74) is 5.65. The van der Waals surface area contributed by atoms with Gasteiger partial charge in [-0.25, -0.2) is 9.67 Å². The molecule has 0 bridgehead atoms. The Morgan fingerprint density at radius 1 is 1.33 bits per heavy atom. The second kappa shape index (κ2) is 4.31. The monoisotopic (exact) mass is 208 g/mol. The van der Waals surface area contributed by atoms with Crippen molar-refractivity contribution in [2.75, 3.05) is 0 Å². The van der Waals surface area contributed by atoms with E-state index in [4.69, 9.17) is 5.73 Å². The molecule has 1 aromatic rings. The van der Waals surface area contributed by atoms with Gasteiger partial charge in [0.05, 0.1) is 12.6 Å². The molecule has 15 heavy (non-hydrogen) atoms. The van der Waals surface area contributed by atoms with Crippen LogP contribution in [0, 0.1) is 11.8 Å². The zero-order valence-electron chi connectivity index (χ0n) is 9.56. The van der Waals surface area contributed by atoms with Gasteiger partial charge in [-0.2, -0.15) is 5.10 Å². The van der Waals surface area contributed by atoms with Gasteiger partial charge < -0.3 is 5.73 Å². The van der Waals surface area contributed by atoms with Gasteiger partial charge in [-0.05, 0) is 31.1 Å². The minimum atomic E-state index is 0.485. The molecule has 1 heterocycles. The van der Waals surface area contributed by atoms with Crippen molar-refractivity contribution in [3.8, 4) is 0 Å². The van der Waals surface area contributed by atoms with Crippen molar-refractivity contribution in [2.24, 2.45) is 17.6 Å². The maximum absolute atomic E-state index is 5.65. The van der Waals surface area contributed by atoms with Gasteiger partial charge >= 0.3 is 0 Å². The smallest absolute Gasteiger partial charge is 0.140 e. The number of hydrogen-bond acceptors (Lipinski definition) is 3. The predicted octanol–water partition coefficient (Wildman–Crippen LogP) is 1.73. The van der Waals surface area contributed by atoms with Crippen molar-refractivity contribution in [1.82, 2.24) is 14.8 Å². The maximum Gasteiger partial charge on any atom is 0.140 e. The molecule has 2 unspecified atom stereocenters. The lowest BCUT2D eigenvalue weighted by Crippen LogP contribution is -2.25. The highest BCUT2D eigenvalue weighted by atomic mass is 15.4. The summed E-state index contributed by atoms with van der Waals surface area (Å²) in [6.45, 7) is 5.13. The number of rotatable bonds is 2. The Balaban J connectivity index is 2.16. The molecule has 1 aromatic heterocycles. The average molecular weight is 208 g/mol. The van der Waals surface area contributed by atoms with E-state index < -0.39 is 0 Å². The summed E-state index contributed by atoms with van der Waals surface area (Å²) in [4.78, 5) is 4.19. The van der Waals surface area contributed by atoms with E-state index in [2.05, 4.69) is 23.9 Å². The lowest BCUT2D eigenvalue weighted by molar-refractivity contribution is 0.206. The van der Waals surface area contributed by atoms with Crippen LogP contribution < -0.4 is 5.73 Å². The number of hydrogen-bond donors (Lipinski definition) is 1. The summed E-state index contributed by atoms with van der Waals surface area (Å²) in [6.07, 6.45) is 5.37. The van der Waals surface area contributed by atoms with Crippen LogP contribution >= 0.6 is 0 Å². The Labute approximate surface area is 90.9 Å². The van der Waals surface area contributed by atoms with Crippen molar-refractivity contribution in [1.29, 1.82) is 0 Å². The summed E-state index contributed by atoms with van der Waals surface area (Å²) in [7, 11) is 0. The van der Waals surface area contributed by atoms with E-state index in [0.29, 0.717) is 12.6 Å². The first-order chi connectivity index (χ1) is 7.20. The zero-order valence-corrected chi connectivity index (χ0v) is 9.56. The highest BCUT2D eigenvalue weighted by molar-refractivity contribution is 4.89. The minimum absolute atomic E-state index is 0.485. The van der Waals surface area contributed by atoms with Crippen LogP contribution in [0.15, 0.2) is 6.33 Å². The maximum atomic E-state index is 5.65. The third-order valence-electron chi connectivity index (χ3n) is 3.33. The lowest BCUT2D eigenvalue weighted by Gasteiger charge is -2.31. The zero-order chi connectivity index (χ0) is 10.8. The van der Waals surface area contributed by atoms with E-state index in [1.54, 1.807) is 6.33 Å². The van der Waals surface area contributed by atoms with Crippen molar-refractivity contribution in [2.45, 2.75) is 45.7 Å². The SMILES string of the molecule is CC1CC(C)CC(n2ncnc2CN)C1. The first-order valence-electron chi connectivity index (χ1n) is 5.79. The highest BCUT2D eigenvalue weighted by Gasteiger charge is 2.26. The fourth-order valence-electron chi connectivity index (χ4n) is 2.83. The standard InChI is InChI=1S/C11H20N4/c1-8-3-9(2)5-10(4-8)15-11(6-12)13-7-14-15/h7-10H,3-6,12H2,1-2H3. The molecule has 0 aromatic carbocycles. The predicted molar refractivity (Wildman–Crippen MR) is 59.1 cm³/mol. The molecule has 0 aliphatic heterocycles. The summed E-state index contributed by atoms with van der Waals surface area (Å²) in [6, 6.07) is 0.504. The Morgan fingerprint density at radius 2 is 2.00 bits per heavy atom. The number of nitrogens with zero attached hydrogens (tertiary/aromatic N) is 3. The molecule has 1 aliphatic rings. The second-order valence-electron chi connectivity index (χ2n) is 4.90. The molecule has 1 fully saturated rings. The molecule has 2 rings (SSSR count). The molecule has 4 heteroatoms. The molecule has 1 saturated carbocycles. The first kappa shape index (κ1) is 10.6. The van der Waals surface area contributed by atoms with Crippen LogP contribution in [0.25, 0.3) is 0 Å². The fraction of sp³-hybridized carbons (Fsp3) is 0.818. The molecule has 4 nitrogen and oxygen atoms in total. The third kappa shape index (κ3) is 2.20. The van der Waals surface area contributed by atoms with E-state index in [1.165, 1.54) is 19.3 Å². The molecule has 1 aliphatic carbocycles.